The number of ether oxygens (including phenoxy) is 1. The quantitative estimate of drug-likeness (QED) is 0.813. The molecular formula is C14H17NO6S. The van der Waals surface area contributed by atoms with Gasteiger partial charge in [-0.15, -0.1) is 0 Å². The largest absolute Gasteiger partial charge is 0.480 e. The fourth-order valence-electron chi connectivity index (χ4n) is 2.41. The van der Waals surface area contributed by atoms with Crippen LogP contribution < -0.4 is 0 Å². The molecule has 1 aliphatic heterocycles. The average Bonchev–Trinajstić information content (AvgIpc) is 2.98. The van der Waals surface area contributed by atoms with Crippen molar-refractivity contribution in [2.45, 2.75) is 30.7 Å². The van der Waals surface area contributed by atoms with Crippen molar-refractivity contribution in [1.29, 1.82) is 0 Å². The predicted octanol–water partition coefficient (Wildman–Crippen LogP) is 1.10. The lowest BCUT2D eigenvalue weighted by molar-refractivity contribution is -0.140. The Balaban J connectivity index is 2.36. The van der Waals surface area contributed by atoms with E-state index in [1.165, 1.54) is 24.3 Å². The van der Waals surface area contributed by atoms with E-state index < -0.39 is 28.0 Å². The Kier molecular flexibility index (Phi) is 4.82. The topological polar surface area (TPSA) is 101 Å². The number of hydrogen-bond acceptors (Lipinski definition) is 5. The van der Waals surface area contributed by atoms with Crippen LogP contribution in [-0.2, 0) is 19.6 Å². The number of carbonyl (C=O) groups excluding carboxylic acids is 1. The molecule has 0 aromatic heterocycles. The second-order valence-corrected chi connectivity index (χ2v) is 6.75. The van der Waals surface area contributed by atoms with Crippen molar-refractivity contribution in [2.24, 2.45) is 0 Å². The van der Waals surface area contributed by atoms with E-state index in [2.05, 4.69) is 0 Å². The van der Waals surface area contributed by atoms with Crippen LogP contribution in [0.5, 0.6) is 0 Å². The molecule has 1 N–H and O–H groups in total. The summed E-state index contributed by atoms with van der Waals surface area (Å²) < 4.78 is 31.0. The van der Waals surface area contributed by atoms with Gasteiger partial charge in [-0.3, -0.25) is 4.79 Å². The molecule has 1 aromatic rings. The number of hydrogen-bond donors (Lipinski definition) is 1. The highest BCUT2D eigenvalue weighted by molar-refractivity contribution is 7.89. The van der Waals surface area contributed by atoms with Gasteiger partial charge in [0.05, 0.1) is 17.1 Å². The third kappa shape index (κ3) is 3.12. The summed E-state index contributed by atoms with van der Waals surface area (Å²) in [6.07, 6.45) is 0.778. The van der Waals surface area contributed by atoms with E-state index in [1.807, 2.05) is 0 Å². The van der Waals surface area contributed by atoms with Gasteiger partial charge in [-0.1, -0.05) is 6.07 Å². The Hall–Kier alpha value is -1.93. The van der Waals surface area contributed by atoms with Crippen molar-refractivity contribution in [3.8, 4) is 0 Å². The van der Waals surface area contributed by atoms with Crippen molar-refractivity contribution >= 4 is 22.0 Å². The summed E-state index contributed by atoms with van der Waals surface area (Å²) in [5, 5.41) is 9.13. The summed E-state index contributed by atoms with van der Waals surface area (Å²) in [4.78, 5) is 22.8. The zero-order valence-corrected chi connectivity index (χ0v) is 12.9. The predicted molar refractivity (Wildman–Crippen MR) is 76.9 cm³/mol. The first-order valence-electron chi connectivity index (χ1n) is 6.89. The van der Waals surface area contributed by atoms with Crippen LogP contribution in [0.25, 0.3) is 0 Å². The summed E-state index contributed by atoms with van der Waals surface area (Å²) in [7, 11) is -3.96. The van der Waals surface area contributed by atoms with Crippen LogP contribution in [0.3, 0.4) is 0 Å². The smallest absolute Gasteiger partial charge is 0.338 e. The van der Waals surface area contributed by atoms with Gasteiger partial charge in [0.15, 0.2) is 0 Å². The Bertz CT molecular complexity index is 684. The Labute approximate surface area is 128 Å². The SMILES string of the molecule is CCOC(=O)c1cccc(S(=O)(=O)N2CCC[C@H]2C(=O)O)c1. The second-order valence-electron chi connectivity index (χ2n) is 4.86. The fourth-order valence-corrected chi connectivity index (χ4v) is 4.11. The van der Waals surface area contributed by atoms with Crippen molar-refractivity contribution in [2.75, 3.05) is 13.2 Å². The number of aliphatic carboxylic acids is 1. The van der Waals surface area contributed by atoms with Crippen LogP contribution in [0.1, 0.15) is 30.1 Å². The van der Waals surface area contributed by atoms with Crippen molar-refractivity contribution in [3.63, 3.8) is 0 Å². The normalized spacial score (nSPS) is 19.0. The summed E-state index contributed by atoms with van der Waals surface area (Å²) in [5.41, 5.74) is 0.119. The molecule has 8 heteroatoms. The number of carboxylic acid groups (broad SMARTS) is 1. The third-order valence-electron chi connectivity index (χ3n) is 3.44. The summed E-state index contributed by atoms with van der Waals surface area (Å²) >= 11 is 0. The summed E-state index contributed by atoms with van der Waals surface area (Å²) in [6.45, 7) is 1.99. The van der Waals surface area contributed by atoms with Gasteiger partial charge < -0.3 is 9.84 Å². The van der Waals surface area contributed by atoms with Gasteiger partial charge in [-0.25, -0.2) is 13.2 Å². The van der Waals surface area contributed by atoms with E-state index in [9.17, 15) is 18.0 Å². The molecule has 22 heavy (non-hydrogen) atoms. The molecule has 0 saturated carbocycles. The monoisotopic (exact) mass is 327 g/mol. The summed E-state index contributed by atoms with van der Waals surface area (Å²) in [6, 6.07) is 4.39. The maximum absolute atomic E-state index is 12.6. The standard InChI is InChI=1S/C14H17NO6S/c1-2-21-14(18)10-5-3-6-11(9-10)22(19,20)15-8-4-7-12(15)13(16)17/h3,5-6,9,12H,2,4,7-8H2,1H3,(H,16,17)/t12-/m0/s1. The van der Waals surface area contributed by atoms with E-state index >= 15 is 0 Å². The molecule has 0 radical (unpaired) electrons. The molecule has 0 spiro atoms. The number of carbonyl (C=O) groups is 2. The highest BCUT2D eigenvalue weighted by Crippen LogP contribution is 2.26. The highest BCUT2D eigenvalue weighted by Gasteiger charge is 2.39. The van der Waals surface area contributed by atoms with Gasteiger partial charge >= 0.3 is 11.9 Å². The number of esters is 1. The molecule has 1 heterocycles. The average molecular weight is 327 g/mol. The van der Waals surface area contributed by atoms with E-state index in [-0.39, 0.29) is 30.0 Å². The van der Waals surface area contributed by atoms with Crippen LogP contribution in [-0.4, -0.2) is 49.0 Å². The van der Waals surface area contributed by atoms with Crippen LogP contribution >= 0.6 is 0 Å². The molecule has 120 valence electrons. The van der Waals surface area contributed by atoms with E-state index in [4.69, 9.17) is 9.84 Å². The molecule has 0 amide bonds. The molecule has 1 aromatic carbocycles. The number of carboxylic acids is 1. The molecule has 2 rings (SSSR count). The van der Waals surface area contributed by atoms with Crippen LogP contribution in [0, 0.1) is 0 Å². The van der Waals surface area contributed by atoms with E-state index in [0.717, 1.165) is 4.31 Å². The molecule has 0 bridgehead atoms. The zero-order chi connectivity index (χ0) is 16.3. The minimum Gasteiger partial charge on any atom is -0.480 e. The summed E-state index contributed by atoms with van der Waals surface area (Å²) in [5.74, 6) is -1.78. The minimum absolute atomic E-state index is 0.105. The van der Waals surface area contributed by atoms with Gasteiger partial charge in [0.2, 0.25) is 10.0 Å². The maximum Gasteiger partial charge on any atom is 0.338 e. The Morgan fingerprint density at radius 1 is 1.41 bits per heavy atom. The Morgan fingerprint density at radius 3 is 2.77 bits per heavy atom. The van der Waals surface area contributed by atoms with Crippen LogP contribution in [0.2, 0.25) is 0 Å². The molecule has 1 aliphatic rings. The number of rotatable bonds is 5. The van der Waals surface area contributed by atoms with Gasteiger partial charge in [0.25, 0.3) is 0 Å². The maximum atomic E-state index is 12.6. The first-order chi connectivity index (χ1) is 10.4. The van der Waals surface area contributed by atoms with Crippen molar-refractivity contribution in [3.05, 3.63) is 29.8 Å². The molecule has 7 nitrogen and oxygen atoms in total. The van der Waals surface area contributed by atoms with Crippen LogP contribution in [0.4, 0.5) is 0 Å². The second kappa shape index (κ2) is 6.45. The van der Waals surface area contributed by atoms with Gasteiger partial charge in [0.1, 0.15) is 6.04 Å². The molecule has 1 atom stereocenters. The fraction of sp³-hybridized carbons (Fsp3) is 0.429. The molecule has 0 unspecified atom stereocenters. The molecular weight excluding hydrogens is 310 g/mol. The first kappa shape index (κ1) is 16.4. The number of nitrogens with zero attached hydrogens (tertiary/aromatic N) is 1. The van der Waals surface area contributed by atoms with Gasteiger partial charge in [-0.05, 0) is 38.0 Å². The molecule has 0 aliphatic carbocycles. The first-order valence-corrected chi connectivity index (χ1v) is 8.33. The van der Waals surface area contributed by atoms with Crippen molar-refractivity contribution < 1.29 is 27.9 Å². The van der Waals surface area contributed by atoms with Crippen LogP contribution in [0.15, 0.2) is 29.2 Å². The van der Waals surface area contributed by atoms with E-state index in [1.54, 1.807) is 6.92 Å². The van der Waals surface area contributed by atoms with E-state index in [0.29, 0.717) is 6.42 Å². The third-order valence-corrected chi connectivity index (χ3v) is 5.34. The zero-order valence-electron chi connectivity index (χ0n) is 12.1. The lowest BCUT2D eigenvalue weighted by Gasteiger charge is -2.21. The Morgan fingerprint density at radius 2 is 2.14 bits per heavy atom. The minimum atomic E-state index is -3.96. The van der Waals surface area contributed by atoms with Crippen molar-refractivity contribution in [1.82, 2.24) is 4.31 Å². The lowest BCUT2D eigenvalue weighted by atomic mass is 10.2. The number of benzene rings is 1. The number of sulfonamides is 1. The molecule has 1 fully saturated rings. The highest BCUT2D eigenvalue weighted by atomic mass is 32.2. The molecule has 1 saturated heterocycles. The van der Waals surface area contributed by atoms with Gasteiger partial charge in [-0.2, -0.15) is 4.31 Å². The van der Waals surface area contributed by atoms with Gasteiger partial charge in [0, 0.05) is 6.54 Å². The lowest BCUT2D eigenvalue weighted by Crippen LogP contribution is -2.40.